The summed E-state index contributed by atoms with van der Waals surface area (Å²) in [6.45, 7) is 0. The summed E-state index contributed by atoms with van der Waals surface area (Å²) >= 11 is 0. The van der Waals surface area contributed by atoms with E-state index in [4.69, 9.17) is 4.74 Å². The normalized spacial score (nSPS) is 15.8. The zero-order valence-electron chi connectivity index (χ0n) is 8.07. The van der Waals surface area contributed by atoms with E-state index in [2.05, 4.69) is 0 Å². The summed E-state index contributed by atoms with van der Waals surface area (Å²) in [5, 5.41) is 9.43. The molecular formula is C11H11FO3. The summed E-state index contributed by atoms with van der Waals surface area (Å²) in [6, 6.07) is 3.76. The molecule has 0 radical (unpaired) electrons. The Morgan fingerprint density at radius 2 is 2.13 bits per heavy atom. The molecule has 0 spiro atoms. The van der Waals surface area contributed by atoms with E-state index >= 15 is 0 Å². The molecule has 2 rings (SSSR count). The molecule has 3 nitrogen and oxygen atoms in total. The van der Waals surface area contributed by atoms with Crippen LogP contribution in [0.3, 0.4) is 0 Å². The van der Waals surface area contributed by atoms with Crippen LogP contribution in [0.25, 0.3) is 0 Å². The highest BCUT2D eigenvalue weighted by molar-refractivity contribution is 5.37. The number of ether oxygens (including phenoxy) is 1. The van der Waals surface area contributed by atoms with Gasteiger partial charge in [-0.3, -0.25) is 4.79 Å². The third-order valence-corrected chi connectivity index (χ3v) is 2.50. The van der Waals surface area contributed by atoms with E-state index in [0.717, 1.165) is 25.3 Å². The second-order valence-electron chi connectivity index (χ2n) is 3.59. The van der Waals surface area contributed by atoms with Crippen LogP contribution in [0.2, 0.25) is 0 Å². The minimum atomic E-state index is -1.02. The van der Waals surface area contributed by atoms with Gasteiger partial charge in [0.2, 0.25) is 5.75 Å². The van der Waals surface area contributed by atoms with E-state index in [-0.39, 0.29) is 11.9 Å². The smallest absolute Gasteiger partial charge is 0.259 e. The van der Waals surface area contributed by atoms with E-state index in [1.54, 1.807) is 0 Å². The Morgan fingerprint density at radius 3 is 2.73 bits per heavy atom. The summed E-state index contributed by atoms with van der Waals surface area (Å²) in [4.78, 5) is 11.2. The summed E-state index contributed by atoms with van der Waals surface area (Å²) in [6.07, 6.45) is 2.95. The minimum absolute atomic E-state index is 0.0424. The molecule has 1 aromatic rings. The molecule has 0 aromatic heterocycles. The number of aromatic hydroxyl groups is 1. The molecular weight excluding hydrogens is 199 g/mol. The van der Waals surface area contributed by atoms with Crippen molar-refractivity contribution in [3.63, 3.8) is 0 Å². The fourth-order valence-corrected chi connectivity index (χ4v) is 1.36. The molecule has 1 N–H and O–H groups in total. The highest BCUT2D eigenvalue weighted by atomic mass is 19.1. The van der Waals surface area contributed by atoms with Gasteiger partial charge in [0.1, 0.15) is 0 Å². The summed E-state index contributed by atoms with van der Waals surface area (Å²) in [5.41, 5.74) is -1.02. The zero-order valence-corrected chi connectivity index (χ0v) is 8.07. The molecule has 0 aliphatic heterocycles. The summed E-state index contributed by atoms with van der Waals surface area (Å²) in [5.74, 6) is -1.56. The molecule has 1 aliphatic carbocycles. The largest absolute Gasteiger partial charge is 0.501 e. The van der Waals surface area contributed by atoms with Crippen LogP contribution in [-0.4, -0.2) is 11.2 Å². The van der Waals surface area contributed by atoms with Crippen molar-refractivity contribution in [1.29, 1.82) is 0 Å². The van der Waals surface area contributed by atoms with Gasteiger partial charge in [-0.2, -0.15) is 0 Å². The van der Waals surface area contributed by atoms with E-state index < -0.39 is 17.0 Å². The van der Waals surface area contributed by atoms with Crippen molar-refractivity contribution in [2.75, 3.05) is 0 Å². The first-order valence-corrected chi connectivity index (χ1v) is 4.87. The number of halogens is 1. The molecule has 1 saturated carbocycles. The SMILES string of the molecule is O=c1c(F)cccc(OC2CCC2)c1O. The maximum Gasteiger partial charge on any atom is 0.259 e. The average Bonchev–Trinajstić information content (AvgIpc) is 2.27. The quantitative estimate of drug-likeness (QED) is 0.809. The van der Waals surface area contributed by atoms with Gasteiger partial charge in [0.05, 0.1) is 6.10 Å². The monoisotopic (exact) mass is 210 g/mol. The molecule has 0 atom stereocenters. The fourth-order valence-electron chi connectivity index (χ4n) is 1.36. The van der Waals surface area contributed by atoms with Gasteiger partial charge in [-0.1, -0.05) is 6.07 Å². The summed E-state index contributed by atoms with van der Waals surface area (Å²) in [7, 11) is 0. The Bertz CT molecular complexity index is 427. The predicted octanol–water partition coefficient (Wildman–Crippen LogP) is 1.82. The van der Waals surface area contributed by atoms with Crippen molar-refractivity contribution in [3.8, 4) is 11.5 Å². The highest BCUT2D eigenvalue weighted by Crippen LogP contribution is 2.28. The van der Waals surface area contributed by atoms with E-state index in [0.29, 0.717) is 0 Å². The Labute approximate surface area is 86.1 Å². The van der Waals surface area contributed by atoms with Gasteiger partial charge in [-0.25, -0.2) is 4.39 Å². The van der Waals surface area contributed by atoms with Crippen LogP contribution in [0, 0.1) is 5.82 Å². The van der Waals surface area contributed by atoms with Crippen molar-refractivity contribution in [2.45, 2.75) is 25.4 Å². The molecule has 4 heteroatoms. The Hall–Kier alpha value is -1.58. The van der Waals surface area contributed by atoms with Gasteiger partial charge < -0.3 is 9.84 Å². The first-order chi connectivity index (χ1) is 7.18. The lowest BCUT2D eigenvalue weighted by Gasteiger charge is -2.26. The van der Waals surface area contributed by atoms with Crippen LogP contribution in [0.4, 0.5) is 4.39 Å². The first kappa shape index (κ1) is 9.96. The van der Waals surface area contributed by atoms with Crippen molar-refractivity contribution in [1.82, 2.24) is 0 Å². The van der Waals surface area contributed by atoms with Gasteiger partial charge in [0, 0.05) is 0 Å². The molecule has 1 aliphatic rings. The van der Waals surface area contributed by atoms with Crippen LogP contribution in [0.1, 0.15) is 19.3 Å². The van der Waals surface area contributed by atoms with Gasteiger partial charge in [0.25, 0.3) is 5.43 Å². The first-order valence-electron chi connectivity index (χ1n) is 4.87. The molecule has 15 heavy (non-hydrogen) atoms. The fraction of sp³-hybridized carbons (Fsp3) is 0.364. The second-order valence-corrected chi connectivity index (χ2v) is 3.59. The number of hydrogen-bond acceptors (Lipinski definition) is 3. The van der Waals surface area contributed by atoms with E-state index in [1.807, 2.05) is 0 Å². The molecule has 0 unspecified atom stereocenters. The Morgan fingerprint density at radius 1 is 1.40 bits per heavy atom. The summed E-state index contributed by atoms with van der Waals surface area (Å²) < 4.78 is 18.3. The highest BCUT2D eigenvalue weighted by Gasteiger charge is 2.21. The maximum atomic E-state index is 12.9. The van der Waals surface area contributed by atoms with E-state index in [9.17, 15) is 14.3 Å². The van der Waals surface area contributed by atoms with Gasteiger partial charge in [0.15, 0.2) is 11.6 Å². The lowest BCUT2D eigenvalue weighted by Crippen LogP contribution is -2.24. The minimum Gasteiger partial charge on any atom is -0.501 e. The topological polar surface area (TPSA) is 46.5 Å². The molecule has 0 bridgehead atoms. The van der Waals surface area contributed by atoms with Crippen LogP contribution in [0.15, 0.2) is 23.0 Å². The van der Waals surface area contributed by atoms with Gasteiger partial charge >= 0.3 is 0 Å². The standard InChI is InChI=1S/C11H11FO3/c12-8-5-2-6-9(11(14)10(8)13)15-7-3-1-4-7/h2,5-7H,1,3-4H2,(H,13,14). The Balaban J connectivity index is 2.35. The lowest BCUT2D eigenvalue weighted by molar-refractivity contribution is 0.116. The molecule has 1 aromatic carbocycles. The van der Waals surface area contributed by atoms with Crippen LogP contribution in [0.5, 0.6) is 11.5 Å². The van der Waals surface area contributed by atoms with Crippen molar-refractivity contribution < 1.29 is 14.2 Å². The molecule has 0 saturated heterocycles. The molecule has 0 amide bonds. The predicted molar refractivity (Wildman–Crippen MR) is 52.6 cm³/mol. The van der Waals surface area contributed by atoms with E-state index in [1.165, 1.54) is 12.1 Å². The van der Waals surface area contributed by atoms with Crippen LogP contribution in [-0.2, 0) is 0 Å². The second kappa shape index (κ2) is 3.88. The van der Waals surface area contributed by atoms with Crippen LogP contribution >= 0.6 is 0 Å². The number of rotatable bonds is 2. The third-order valence-electron chi connectivity index (χ3n) is 2.50. The van der Waals surface area contributed by atoms with Gasteiger partial charge in [-0.15, -0.1) is 0 Å². The molecule has 0 heterocycles. The van der Waals surface area contributed by atoms with Crippen molar-refractivity contribution in [2.24, 2.45) is 0 Å². The number of hydrogen-bond donors (Lipinski definition) is 1. The van der Waals surface area contributed by atoms with Crippen molar-refractivity contribution in [3.05, 3.63) is 34.2 Å². The average molecular weight is 210 g/mol. The Kier molecular flexibility index (Phi) is 2.58. The third kappa shape index (κ3) is 1.93. The zero-order chi connectivity index (χ0) is 10.8. The van der Waals surface area contributed by atoms with Gasteiger partial charge in [-0.05, 0) is 31.4 Å². The maximum absolute atomic E-state index is 12.9. The molecule has 80 valence electrons. The molecule has 1 fully saturated rings. The van der Waals surface area contributed by atoms with Crippen molar-refractivity contribution >= 4 is 0 Å². The lowest BCUT2D eigenvalue weighted by atomic mass is 9.96. The van der Waals surface area contributed by atoms with Crippen LogP contribution < -0.4 is 10.2 Å².